The number of benzene rings is 1. The number of aliphatic imine (C=N–C) groups is 1. The van der Waals surface area contributed by atoms with E-state index in [1.165, 1.54) is 24.0 Å². The van der Waals surface area contributed by atoms with Gasteiger partial charge in [-0.25, -0.2) is 4.99 Å². The van der Waals surface area contributed by atoms with Gasteiger partial charge in [0, 0.05) is 19.6 Å². The Bertz CT molecular complexity index is 455. The highest BCUT2D eigenvalue weighted by Gasteiger charge is 2.27. The normalized spacial score (nSPS) is 15.1. The molecule has 1 aliphatic carbocycles. The average molecular weight is 388 g/mol. The van der Waals surface area contributed by atoms with Gasteiger partial charge in [-0.3, -0.25) is 0 Å². The molecule has 2 rings (SSSR count). The SMILES string of the molecule is CN(C)Cc1cccc(CN=C(N)N(C)C2CC2)c1.I. The van der Waals surface area contributed by atoms with Crippen LogP contribution < -0.4 is 5.73 Å². The van der Waals surface area contributed by atoms with E-state index in [0.29, 0.717) is 18.5 Å². The number of rotatable bonds is 5. The van der Waals surface area contributed by atoms with E-state index in [1.807, 2.05) is 7.05 Å². The molecule has 4 nitrogen and oxygen atoms in total. The Morgan fingerprint density at radius 2 is 1.90 bits per heavy atom. The molecule has 0 radical (unpaired) electrons. The van der Waals surface area contributed by atoms with E-state index in [-0.39, 0.29) is 24.0 Å². The topological polar surface area (TPSA) is 44.9 Å². The zero-order valence-electron chi connectivity index (χ0n) is 12.5. The van der Waals surface area contributed by atoms with Crippen LogP contribution >= 0.6 is 24.0 Å². The number of guanidine groups is 1. The van der Waals surface area contributed by atoms with Crippen LogP contribution in [0.5, 0.6) is 0 Å². The Labute approximate surface area is 139 Å². The lowest BCUT2D eigenvalue weighted by atomic mass is 10.1. The zero-order valence-corrected chi connectivity index (χ0v) is 14.9. The van der Waals surface area contributed by atoms with Crippen LogP contribution in [0.4, 0.5) is 0 Å². The van der Waals surface area contributed by atoms with E-state index in [1.54, 1.807) is 0 Å². The van der Waals surface area contributed by atoms with Crippen LogP contribution in [0.15, 0.2) is 29.3 Å². The molecule has 1 aliphatic rings. The largest absolute Gasteiger partial charge is 0.370 e. The summed E-state index contributed by atoms with van der Waals surface area (Å²) in [5.74, 6) is 0.653. The van der Waals surface area contributed by atoms with Gasteiger partial charge in [0.1, 0.15) is 0 Å². The van der Waals surface area contributed by atoms with Gasteiger partial charge in [0.25, 0.3) is 0 Å². The molecule has 20 heavy (non-hydrogen) atoms. The summed E-state index contributed by atoms with van der Waals surface area (Å²) in [6.07, 6.45) is 2.48. The summed E-state index contributed by atoms with van der Waals surface area (Å²) in [6, 6.07) is 9.15. The van der Waals surface area contributed by atoms with Crippen molar-refractivity contribution in [1.29, 1.82) is 0 Å². The second-order valence-corrected chi connectivity index (χ2v) is 5.57. The standard InChI is InChI=1S/C15H24N4.HI/c1-18(2)11-13-6-4-5-12(9-13)10-17-15(16)19(3)14-7-8-14;/h4-6,9,14H,7-8,10-11H2,1-3H3,(H2,16,17);1H. The molecule has 0 amide bonds. The molecule has 0 spiro atoms. The van der Waals surface area contributed by atoms with E-state index >= 15 is 0 Å². The summed E-state index contributed by atoms with van der Waals surface area (Å²) >= 11 is 0. The van der Waals surface area contributed by atoms with Crippen molar-refractivity contribution in [3.8, 4) is 0 Å². The molecule has 0 atom stereocenters. The maximum atomic E-state index is 5.99. The smallest absolute Gasteiger partial charge is 0.191 e. The molecule has 0 unspecified atom stereocenters. The van der Waals surface area contributed by atoms with Gasteiger partial charge in [0.2, 0.25) is 0 Å². The third kappa shape index (κ3) is 5.28. The van der Waals surface area contributed by atoms with E-state index in [2.05, 4.69) is 53.2 Å². The van der Waals surface area contributed by atoms with E-state index in [0.717, 1.165) is 6.54 Å². The van der Waals surface area contributed by atoms with Gasteiger partial charge in [-0.1, -0.05) is 24.3 Å². The van der Waals surface area contributed by atoms with Crippen LogP contribution in [0.3, 0.4) is 0 Å². The van der Waals surface area contributed by atoms with E-state index < -0.39 is 0 Å². The molecule has 112 valence electrons. The van der Waals surface area contributed by atoms with Crippen molar-refractivity contribution >= 4 is 29.9 Å². The molecular formula is C15H25IN4. The van der Waals surface area contributed by atoms with Gasteiger partial charge < -0.3 is 15.5 Å². The van der Waals surface area contributed by atoms with E-state index in [9.17, 15) is 0 Å². The Kier molecular flexibility index (Phi) is 6.75. The summed E-state index contributed by atoms with van der Waals surface area (Å²) in [7, 11) is 6.18. The highest BCUT2D eigenvalue weighted by molar-refractivity contribution is 14.0. The number of hydrogen-bond donors (Lipinski definition) is 1. The molecule has 1 fully saturated rings. The van der Waals surface area contributed by atoms with Crippen LogP contribution in [0.1, 0.15) is 24.0 Å². The predicted octanol–water partition coefficient (Wildman–Crippen LogP) is 2.28. The molecular weight excluding hydrogens is 363 g/mol. The first-order valence-electron chi connectivity index (χ1n) is 6.81. The first-order chi connectivity index (χ1) is 9.06. The Balaban J connectivity index is 0.00000200. The minimum atomic E-state index is 0. The fourth-order valence-electron chi connectivity index (χ4n) is 2.12. The third-order valence-corrected chi connectivity index (χ3v) is 3.37. The van der Waals surface area contributed by atoms with Crippen molar-refractivity contribution in [2.75, 3.05) is 21.1 Å². The van der Waals surface area contributed by atoms with Crippen LogP contribution in [0, 0.1) is 0 Å². The molecule has 1 saturated carbocycles. The molecule has 1 aromatic rings. The minimum Gasteiger partial charge on any atom is -0.370 e. The molecule has 1 aromatic carbocycles. The highest BCUT2D eigenvalue weighted by Crippen LogP contribution is 2.24. The lowest BCUT2D eigenvalue weighted by molar-refractivity contribution is 0.402. The Hall–Kier alpha value is -0.820. The van der Waals surface area contributed by atoms with Crippen molar-refractivity contribution in [2.24, 2.45) is 10.7 Å². The number of hydrogen-bond acceptors (Lipinski definition) is 2. The predicted molar refractivity (Wildman–Crippen MR) is 95.4 cm³/mol. The van der Waals surface area contributed by atoms with Crippen LogP contribution in [-0.2, 0) is 13.1 Å². The van der Waals surface area contributed by atoms with Gasteiger partial charge in [0.15, 0.2) is 5.96 Å². The molecule has 0 saturated heterocycles. The Morgan fingerprint density at radius 1 is 1.25 bits per heavy atom. The maximum Gasteiger partial charge on any atom is 0.191 e. The summed E-state index contributed by atoms with van der Waals surface area (Å²) < 4.78 is 0. The maximum absolute atomic E-state index is 5.99. The second kappa shape index (κ2) is 7.83. The lowest BCUT2D eigenvalue weighted by Crippen LogP contribution is -2.35. The molecule has 0 aromatic heterocycles. The fraction of sp³-hybridized carbons (Fsp3) is 0.533. The molecule has 0 heterocycles. The van der Waals surface area contributed by atoms with Crippen molar-refractivity contribution in [1.82, 2.24) is 9.80 Å². The number of nitrogens with two attached hydrogens (primary N) is 1. The van der Waals surface area contributed by atoms with Gasteiger partial charge in [0.05, 0.1) is 6.54 Å². The van der Waals surface area contributed by atoms with Crippen molar-refractivity contribution < 1.29 is 0 Å². The van der Waals surface area contributed by atoms with Gasteiger partial charge in [-0.2, -0.15) is 0 Å². The van der Waals surface area contributed by atoms with Gasteiger partial charge >= 0.3 is 0 Å². The van der Waals surface area contributed by atoms with Crippen molar-refractivity contribution in [2.45, 2.75) is 32.0 Å². The second-order valence-electron chi connectivity index (χ2n) is 5.57. The lowest BCUT2D eigenvalue weighted by Gasteiger charge is -2.17. The van der Waals surface area contributed by atoms with E-state index in [4.69, 9.17) is 5.73 Å². The van der Waals surface area contributed by atoms with Crippen molar-refractivity contribution in [3.05, 3.63) is 35.4 Å². The summed E-state index contributed by atoms with van der Waals surface area (Å²) in [4.78, 5) is 8.73. The van der Waals surface area contributed by atoms with Crippen LogP contribution in [-0.4, -0.2) is 42.9 Å². The summed E-state index contributed by atoms with van der Waals surface area (Å²) in [5.41, 5.74) is 8.52. The fourth-order valence-corrected chi connectivity index (χ4v) is 2.12. The van der Waals surface area contributed by atoms with Crippen LogP contribution in [0.25, 0.3) is 0 Å². The van der Waals surface area contributed by atoms with Crippen molar-refractivity contribution in [3.63, 3.8) is 0 Å². The Morgan fingerprint density at radius 3 is 2.50 bits per heavy atom. The average Bonchev–Trinajstić information content (AvgIpc) is 3.19. The van der Waals surface area contributed by atoms with Gasteiger partial charge in [-0.15, -0.1) is 24.0 Å². The summed E-state index contributed by atoms with van der Waals surface area (Å²) in [6.45, 7) is 1.61. The third-order valence-electron chi connectivity index (χ3n) is 3.37. The molecule has 0 aliphatic heterocycles. The minimum absolute atomic E-state index is 0. The zero-order chi connectivity index (χ0) is 13.8. The first kappa shape index (κ1) is 17.2. The first-order valence-corrected chi connectivity index (χ1v) is 6.81. The number of nitrogens with zero attached hydrogens (tertiary/aromatic N) is 3. The summed E-state index contributed by atoms with van der Waals surface area (Å²) in [5, 5.41) is 0. The molecule has 2 N–H and O–H groups in total. The number of halogens is 1. The molecule has 0 bridgehead atoms. The quantitative estimate of drug-likeness (QED) is 0.478. The van der Waals surface area contributed by atoms with Gasteiger partial charge in [-0.05, 0) is 38.1 Å². The highest BCUT2D eigenvalue weighted by atomic mass is 127. The monoisotopic (exact) mass is 388 g/mol. The molecule has 5 heteroatoms. The van der Waals surface area contributed by atoms with Crippen LogP contribution in [0.2, 0.25) is 0 Å².